The van der Waals surface area contributed by atoms with Gasteiger partial charge in [-0.25, -0.2) is 13.2 Å². The van der Waals surface area contributed by atoms with Crippen molar-refractivity contribution >= 4 is 27.2 Å². The Morgan fingerprint density at radius 1 is 1.03 bits per heavy atom. The SMILES string of the molecule is CCS(=O)(=O)c1cccc(NC(=O)N2CCN(c3cccc(C(F)(F)F)c3)CC2)c1. The Kier molecular flexibility index (Phi) is 6.25. The van der Waals surface area contributed by atoms with E-state index in [0.717, 1.165) is 12.1 Å². The van der Waals surface area contributed by atoms with Crippen LogP contribution in [0.4, 0.5) is 29.3 Å². The summed E-state index contributed by atoms with van der Waals surface area (Å²) in [5.41, 5.74) is 0.124. The molecule has 0 aromatic heterocycles. The Balaban J connectivity index is 1.62. The van der Waals surface area contributed by atoms with E-state index < -0.39 is 21.6 Å². The number of halogens is 3. The highest BCUT2D eigenvalue weighted by Gasteiger charge is 2.31. The molecule has 1 aliphatic heterocycles. The van der Waals surface area contributed by atoms with Gasteiger partial charge in [0.1, 0.15) is 0 Å². The summed E-state index contributed by atoms with van der Waals surface area (Å²) in [6.07, 6.45) is -4.41. The molecule has 0 atom stereocenters. The van der Waals surface area contributed by atoms with Crippen LogP contribution in [0.5, 0.6) is 0 Å². The molecule has 1 aliphatic rings. The average Bonchev–Trinajstić information content (AvgIpc) is 2.73. The molecule has 0 spiro atoms. The summed E-state index contributed by atoms with van der Waals surface area (Å²) in [6.45, 7) is 2.98. The van der Waals surface area contributed by atoms with E-state index in [1.165, 1.54) is 18.2 Å². The molecule has 2 amide bonds. The van der Waals surface area contributed by atoms with Crippen molar-refractivity contribution in [1.82, 2.24) is 4.90 Å². The molecule has 1 N–H and O–H groups in total. The Morgan fingerprint density at radius 3 is 2.33 bits per heavy atom. The smallest absolute Gasteiger partial charge is 0.368 e. The van der Waals surface area contributed by atoms with Crippen LogP contribution in [0.25, 0.3) is 0 Å². The van der Waals surface area contributed by atoms with E-state index in [9.17, 15) is 26.4 Å². The minimum absolute atomic E-state index is 0.0398. The van der Waals surface area contributed by atoms with Crippen LogP contribution in [0.1, 0.15) is 12.5 Å². The van der Waals surface area contributed by atoms with Gasteiger partial charge in [0.2, 0.25) is 0 Å². The van der Waals surface area contributed by atoms with Crippen LogP contribution in [-0.4, -0.2) is 51.3 Å². The molecule has 3 rings (SSSR count). The van der Waals surface area contributed by atoms with Crippen LogP contribution < -0.4 is 10.2 Å². The number of hydrogen-bond donors (Lipinski definition) is 1. The number of rotatable bonds is 4. The number of hydrogen-bond acceptors (Lipinski definition) is 4. The third-order valence-electron chi connectivity index (χ3n) is 4.93. The predicted octanol–water partition coefficient (Wildman–Crippen LogP) is 3.85. The molecular weight excluding hydrogens is 419 g/mol. The van der Waals surface area contributed by atoms with Gasteiger partial charge in [0.05, 0.1) is 16.2 Å². The number of nitrogens with one attached hydrogen (secondary N) is 1. The zero-order valence-electron chi connectivity index (χ0n) is 16.3. The van der Waals surface area contributed by atoms with Gasteiger partial charge in [-0.1, -0.05) is 19.1 Å². The summed E-state index contributed by atoms with van der Waals surface area (Å²) >= 11 is 0. The number of urea groups is 1. The Labute approximate surface area is 173 Å². The number of amides is 2. The Morgan fingerprint density at radius 2 is 1.70 bits per heavy atom. The van der Waals surface area contributed by atoms with Gasteiger partial charge in [-0.05, 0) is 36.4 Å². The van der Waals surface area contributed by atoms with Crippen molar-refractivity contribution in [3.05, 3.63) is 54.1 Å². The Bertz CT molecular complexity index is 1020. The van der Waals surface area contributed by atoms with E-state index >= 15 is 0 Å². The minimum atomic E-state index is -4.41. The molecule has 10 heteroatoms. The van der Waals surface area contributed by atoms with Crippen molar-refractivity contribution in [1.29, 1.82) is 0 Å². The van der Waals surface area contributed by atoms with E-state index in [2.05, 4.69) is 5.32 Å². The molecule has 1 fully saturated rings. The van der Waals surface area contributed by atoms with E-state index in [4.69, 9.17) is 0 Å². The summed E-state index contributed by atoms with van der Waals surface area (Å²) in [6, 6.07) is 10.8. The first-order chi connectivity index (χ1) is 14.1. The topological polar surface area (TPSA) is 69.7 Å². The minimum Gasteiger partial charge on any atom is -0.368 e. The van der Waals surface area contributed by atoms with Crippen molar-refractivity contribution in [2.45, 2.75) is 18.0 Å². The van der Waals surface area contributed by atoms with Gasteiger partial charge in [0.25, 0.3) is 0 Å². The number of nitrogens with zero attached hydrogens (tertiary/aromatic N) is 2. The van der Waals surface area contributed by atoms with Gasteiger partial charge < -0.3 is 15.1 Å². The van der Waals surface area contributed by atoms with Crippen LogP contribution >= 0.6 is 0 Å². The van der Waals surface area contributed by atoms with Crippen LogP contribution in [0.3, 0.4) is 0 Å². The zero-order chi connectivity index (χ0) is 21.9. The van der Waals surface area contributed by atoms with Gasteiger partial charge in [-0.3, -0.25) is 0 Å². The quantitative estimate of drug-likeness (QED) is 0.783. The second-order valence-corrected chi connectivity index (χ2v) is 9.16. The fourth-order valence-electron chi connectivity index (χ4n) is 3.18. The van der Waals surface area contributed by atoms with Crippen molar-refractivity contribution < 1.29 is 26.4 Å². The first-order valence-corrected chi connectivity index (χ1v) is 11.1. The van der Waals surface area contributed by atoms with Crippen molar-refractivity contribution in [2.75, 3.05) is 42.1 Å². The molecule has 0 bridgehead atoms. The van der Waals surface area contributed by atoms with E-state index in [1.54, 1.807) is 34.9 Å². The van der Waals surface area contributed by atoms with E-state index in [0.29, 0.717) is 37.6 Å². The number of piperazine rings is 1. The zero-order valence-corrected chi connectivity index (χ0v) is 17.1. The van der Waals surface area contributed by atoms with Crippen LogP contribution in [0.2, 0.25) is 0 Å². The lowest BCUT2D eigenvalue weighted by Crippen LogP contribution is -2.50. The largest absolute Gasteiger partial charge is 0.416 e. The first kappa shape index (κ1) is 21.9. The van der Waals surface area contributed by atoms with Gasteiger partial charge in [0.15, 0.2) is 9.84 Å². The molecule has 30 heavy (non-hydrogen) atoms. The second-order valence-electron chi connectivity index (χ2n) is 6.88. The van der Waals surface area contributed by atoms with Gasteiger partial charge >= 0.3 is 12.2 Å². The molecule has 2 aromatic rings. The van der Waals surface area contributed by atoms with E-state index in [-0.39, 0.29) is 16.7 Å². The number of carbonyl (C=O) groups is 1. The molecule has 1 saturated heterocycles. The lowest BCUT2D eigenvalue weighted by Gasteiger charge is -2.36. The molecule has 0 radical (unpaired) electrons. The molecule has 0 aliphatic carbocycles. The molecule has 0 unspecified atom stereocenters. The summed E-state index contributed by atoms with van der Waals surface area (Å²) in [5.74, 6) is -0.0398. The maximum Gasteiger partial charge on any atom is 0.416 e. The fraction of sp³-hybridized carbons (Fsp3) is 0.350. The summed E-state index contributed by atoms with van der Waals surface area (Å²) in [7, 11) is -3.39. The first-order valence-electron chi connectivity index (χ1n) is 9.41. The fourth-order valence-corrected chi connectivity index (χ4v) is 4.11. The van der Waals surface area contributed by atoms with Crippen molar-refractivity contribution in [2.24, 2.45) is 0 Å². The normalized spacial score (nSPS) is 15.2. The lowest BCUT2D eigenvalue weighted by atomic mass is 10.1. The molecule has 6 nitrogen and oxygen atoms in total. The highest BCUT2D eigenvalue weighted by molar-refractivity contribution is 7.91. The van der Waals surface area contributed by atoms with Crippen molar-refractivity contribution in [3.8, 4) is 0 Å². The molecular formula is C20H22F3N3O3S. The van der Waals surface area contributed by atoms with E-state index in [1.807, 2.05) is 0 Å². The maximum absolute atomic E-state index is 12.9. The molecule has 0 saturated carbocycles. The number of anilines is 2. The van der Waals surface area contributed by atoms with Crippen molar-refractivity contribution in [3.63, 3.8) is 0 Å². The Hall–Kier alpha value is -2.75. The number of sulfone groups is 1. The average molecular weight is 441 g/mol. The molecule has 1 heterocycles. The third kappa shape index (κ3) is 5.05. The van der Waals surface area contributed by atoms with Gasteiger partial charge in [0, 0.05) is 37.6 Å². The molecule has 2 aromatic carbocycles. The maximum atomic E-state index is 12.9. The summed E-state index contributed by atoms with van der Waals surface area (Å²) < 4.78 is 62.7. The second kappa shape index (κ2) is 8.55. The lowest BCUT2D eigenvalue weighted by molar-refractivity contribution is -0.137. The summed E-state index contributed by atoms with van der Waals surface area (Å²) in [5, 5.41) is 2.69. The highest BCUT2D eigenvalue weighted by Crippen LogP contribution is 2.32. The monoisotopic (exact) mass is 441 g/mol. The number of carbonyl (C=O) groups excluding carboxylic acids is 1. The predicted molar refractivity (Wildman–Crippen MR) is 108 cm³/mol. The standard InChI is InChI=1S/C20H22F3N3O3S/c1-2-30(28,29)18-8-4-6-16(14-18)24-19(27)26-11-9-25(10-12-26)17-7-3-5-15(13-17)20(21,22)23/h3-8,13-14H,2,9-12H2,1H3,(H,24,27). The van der Waals surface area contributed by atoms with Gasteiger partial charge in [-0.2, -0.15) is 13.2 Å². The third-order valence-corrected chi connectivity index (χ3v) is 6.66. The number of benzene rings is 2. The highest BCUT2D eigenvalue weighted by atomic mass is 32.2. The summed E-state index contributed by atoms with van der Waals surface area (Å²) in [4.78, 5) is 16.0. The van der Waals surface area contributed by atoms with Crippen LogP contribution in [-0.2, 0) is 16.0 Å². The van der Waals surface area contributed by atoms with Crippen LogP contribution in [0, 0.1) is 0 Å². The molecule has 162 valence electrons. The van der Waals surface area contributed by atoms with Crippen LogP contribution in [0.15, 0.2) is 53.4 Å². The number of alkyl halides is 3. The van der Waals surface area contributed by atoms with Gasteiger partial charge in [-0.15, -0.1) is 0 Å².